The third-order valence-electron chi connectivity index (χ3n) is 5.68. The molecule has 1 aromatic carbocycles. The van der Waals surface area contributed by atoms with Crippen LogP contribution in [0, 0.1) is 24.3 Å². The number of quaternary nitrogens is 2. The maximum Gasteiger partial charge on any atom is 0.251 e. The van der Waals surface area contributed by atoms with E-state index in [2.05, 4.69) is 0 Å². The molecule has 0 bridgehead atoms. The number of hydrogen-bond donors (Lipinski definition) is 3. The van der Waals surface area contributed by atoms with Crippen LogP contribution < -0.4 is 20.3 Å². The van der Waals surface area contributed by atoms with Crippen molar-refractivity contribution < 1.29 is 23.7 Å². The number of benzene rings is 1. The maximum atomic E-state index is 13.6. The molecule has 3 rings (SSSR count). The van der Waals surface area contributed by atoms with Crippen molar-refractivity contribution in [3.8, 4) is 5.75 Å². The number of nitrogens with two attached hydrogens (primary N) is 1. The van der Waals surface area contributed by atoms with Gasteiger partial charge in [-0.3, -0.25) is 9.36 Å². The molecular weight excluding hydrogens is 391 g/mol. The van der Waals surface area contributed by atoms with Crippen LogP contribution in [0.25, 0.3) is 0 Å². The van der Waals surface area contributed by atoms with Crippen LogP contribution in [0.4, 0.5) is 4.39 Å². The van der Waals surface area contributed by atoms with E-state index in [0.29, 0.717) is 16.9 Å². The van der Waals surface area contributed by atoms with Crippen LogP contribution in [0.5, 0.6) is 5.75 Å². The van der Waals surface area contributed by atoms with Gasteiger partial charge in [-0.05, 0) is 43.7 Å². The van der Waals surface area contributed by atoms with E-state index >= 15 is 0 Å². The van der Waals surface area contributed by atoms with Crippen LogP contribution in [0.2, 0.25) is 0 Å². The highest BCUT2D eigenvalue weighted by Crippen LogP contribution is 2.18. The number of aromatic nitrogens is 1. The summed E-state index contributed by atoms with van der Waals surface area (Å²) in [7, 11) is 1.61. The number of primary amides is 1. The molecule has 1 aliphatic rings. The zero-order valence-corrected chi connectivity index (χ0v) is 18.0. The third-order valence-corrected chi connectivity index (χ3v) is 6.10. The molecule has 0 atom stereocenters. The van der Waals surface area contributed by atoms with Gasteiger partial charge in [-0.1, -0.05) is 12.2 Å². The Morgan fingerprint density at radius 3 is 2.48 bits per heavy atom. The van der Waals surface area contributed by atoms with Crippen molar-refractivity contribution in [1.82, 2.24) is 4.57 Å². The summed E-state index contributed by atoms with van der Waals surface area (Å²) in [6, 6.07) is 6.63. The van der Waals surface area contributed by atoms with Gasteiger partial charge in [0.1, 0.15) is 48.9 Å². The van der Waals surface area contributed by atoms with Crippen LogP contribution in [0.15, 0.2) is 24.3 Å². The second-order valence-corrected chi connectivity index (χ2v) is 8.12. The highest BCUT2D eigenvalue weighted by Gasteiger charge is 2.25. The lowest BCUT2D eigenvalue weighted by Crippen LogP contribution is -3.27. The van der Waals surface area contributed by atoms with Crippen LogP contribution in [-0.4, -0.2) is 43.8 Å². The Hall–Kier alpha value is -2.29. The van der Waals surface area contributed by atoms with Crippen molar-refractivity contribution in [1.29, 1.82) is 0 Å². The molecule has 4 N–H and O–H groups in total. The van der Waals surface area contributed by atoms with Gasteiger partial charge in [0.2, 0.25) is 0 Å². The van der Waals surface area contributed by atoms with Gasteiger partial charge in [0.25, 0.3) is 5.91 Å². The predicted molar refractivity (Wildman–Crippen MR) is 111 cm³/mol. The number of nitrogens with zero attached hydrogens (tertiary/aromatic N) is 1. The molecule has 1 aliphatic heterocycles. The summed E-state index contributed by atoms with van der Waals surface area (Å²) in [6.07, 6.45) is 0. The van der Waals surface area contributed by atoms with E-state index in [1.165, 1.54) is 15.9 Å². The van der Waals surface area contributed by atoms with Crippen molar-refractivity contribution in [2.24, 2.45) is 5.73 Å². The van der Waals surface area contributed by atoms with Crippen molar-refractivity contribution >= 4 is 18.1 Å². The van der Waals surface area contributed by atoms with E-state index < -0.39 is 5.91 Å². The van der Waals surface area contributed by atoms with E-state index in [-0.39, 0.29) is 5.82 Å². The van der Waals surface area contributed by atoms with Crippen molar-refractivity contribution in [3.63, 3.8) is 0 Å². The number of hydrogen-bond acceptors (Lipinski definition) is 3. The number of aryl methyl sites for hydroxylation is 2. The molecule has 8 heteroatoms. The minimum atomic E-state index is -0.477. The fourth-order valence-corrected chi connectivity index (χ4v) is 4.56. The Bertz CT molecular complexity index is 968. The van der Waals surface area contributed by atoms with Gasteiger partial charge in [0.15, 0.2) is 6.67 Å². The Morgan fingerprint density at radius 1 is 1.21 bits per heavy atom. The second kappa shape index (κ2) is 9.02. The quantitative estimate of drug-likeness (QED) is 0.578. The Kier molecular flexibility index (Phi) is 6.66. The highest BCUT2D eigenvalue weighted by molar-refractivity contribution is 7.71. The number of nitrogens with one attached hydrogen (secondary N) is 2. The molecule has 1 amide bonds. The second-order valence-electron chi connectivity index (χ2n) is 7.73. The molecule has 156 valence electrons. The summed E-state index contributed by atoms with van der Waals surface area (Å²) in [4.78, 5) is 14.6. The van der Waals surface area contributed by atoms with Crippen LogP contribution in [-0.2, 0) is 13.2 Å². The minimum absolute atomic E-state index is 0.237. The van der Waals surface area contributed by atoms with Gasteiger partial charge < -0.3 is 20.3 Å². The standard InChI is InChI=1S/C21H27FN4O2S/c1-14-10-15(2)26(21(29)19(14)20(23)27)13-25-8-6-24(7-9-25)12-16-11-17(22)4-5-18(16)28-3/h4-5,10-11H,6-9,12-13H2,1-3H3,(H2,23,27)/p+2. The summed E-state index contributed by atoms with van der Waals surface area (Å²) >= 11 is 5.56. The zero-order valence-electron chi connectivity index (χ0n) is 17.2. The highest BCUT2D eigenvalue weighted by atomic mass is 32.1. The molecule has 0 radical (unpaired) electrons. The van der Waals surface area contributed by atoms with Gasteiger partial charge in [-0.2, -0.15) is 0 Å². The zero-order chi connectivity index (χ0) is 21.1. The largest absolute Gasteiger partial charge is 0.496 e. The van der Waals surface area contributed by atoms with Crippen LogP contribution >= 0.6 is 12.2 Å². The number of carbonyl (C=O) groups is 1. The summed E-state index contributed by atoms with van der Waals surface area (Å²) in [6.45, 7) is 9.19. The van der Waals surface area contributed by atoms with E-state index in [4.69, 9.17) is 22.7 Å². The summed E-state index contributed by atoms with van der Waals surface area (Å²) in [5.41, 5.74) is 8.72. The van der Waals surface area contributed by atoms with Gasteiger partial charge >= 0.3 is 0 Å². The third kappa shape index (κ3) is 4.83. The Balaban J connectivity index is 1.67. The first kappa shape index (κ1) is 21.4. The average molecular weight is 421 g/mol. The molecule has 2 heterocycles. The van der Waals surface area contributed by atoms with Gasteiger partial charge in [-0.15, -0.1) is 0 Å². The van der Waals surface area contributed by atoms with Crippen LogP contribution in [0.3, 0.4) is 0 Å². The lowest BCUT2D eigenvalue weighted by Gasteiger charge is -2.31. The summed E-state index contributed by atoms with van der Waals surface area (Å²) in [5, 5.41) is 0. The number of ether oxygens (including phenoxy) is 1. The minimum Gasteiger partial charge on any atom is -0.496 e. The lowest BCUT2D eigenvalue weighted by atomic mass is 10.1. The van der Waals surface area contributed by atoms with Crippen molar-refractivity contribution in [2.45, 2.75) is 27.1 Å². The first-order valence-electron chi connectivity index (χ1n) is 9.80. The molecule has 0 aliphatic carbocycles. The number of amides is 1. The van der Waals surface area contributed by atoms with E-state index in [1.54, 1.807) is 19.2 Å². The van der Waals surface area contributed by atoms with Gasteiger partial charge in [0, 0.05) is 5.69 Å². The fourth-order valence-electron chi connectivity index (χ4n) is 4.09. The molecule has 1 saturated heterocycles. The molecule has 2 aromatic rings. The van der Waals surface area contributed by atoms with E-state index in [9.17, 15) is 9.18 Å². The number of carbonyl (C=O) groups excluding carboxylic acids is 1. The van der Waals surface area contributed by atoms with E-state index in [1.807, 2.05) is 24.5 Å². The lowest BCUT2D eigenvalue weighted by molar-refractivity contribution is -1.03. The topological polar surface area (TPSA) is 66.1 Å². The molecule has 0 unspecified atom stereocenters. The van der Waals surface area contributed by atoms with E-state index in [0.717, 1.165) is 55.3 Å². The summed E-state index contributed by atoms with van der Waals surface area (Å²) < 4.78 is 21.5. The SMILES string of the molecule is COc1ccc(F)cc1C[NH+]1CC[NH+](Cn2c(C)cc(C)c(C(N)=O)c2=S)CC1. The normalized spacial score (nSPS) is 19.2. The Labute approximate surface area is 175 Å². The molecule has 0 saturated carbocycles. The summed E-state index contributed by atoms with van der Waals surface area (Å²) in [5.74, 6) is 0.0164. The molecule has 1 aromatic heterocycles. The van der Waals surface area contributed by atoms with Gasteiger partial charge in [-0.25, -0.2) is 4.39 Å². The van der Waals surface area contributed by atoms with Crippen molar-refractivity contribution in [2.75, 3.05) is 33.3 Å². The number of rotatable bonds is 6. The molecule has 1 fully saturated rings. The van der Waals surface area contributed by atoms with Crippen molar-refractivity contribution in [3.05, 3.63) is 57.1 Å². The Morgan fingerprint density at radius 2 is 1.86 bits per heavy atom. The molecular formula is C21H29FN4O2S+2. The first-order valence-corrected chi connectivity index (χ1v) is 10.2. The van der Waals surface area contributed by atoms with Crippen LogP contribution in [0.1, 0.15) is 27.2 Å². The molecule has 29 heavy (non-hydrogen) atoms. The first-order chi connectivity index (χ1) is 13.8. The monoisotopic (exact) mass is 420 g/mol. The maximum absolute atomic E-state index is 13.6. The fraction of sp³-hybridized carbons (Fsp3) is 0.429. The predicted octanol–water partition coefficient (Wildman–Crippen LogP) is 0.0221. The average Bonchev–Trinajstić information content (AvgIpc) is 2.66. The number of halogens is 1. The van der Waals surface area contributed by atoms with Gasteiger partial charge in [0.05, 0.1) is 18.2 Å². The molecule has 0 spiro atoms. The number of piperazine rings is 1. The smallest absolute Gasteiger partial charge is 0.251 e. The number of pyridine rings is 1. The molecule has 6 nitrogen and oxygen atoms in total. The number of methoxy groups -OCH3 is 1.